The first-order valence-corrected chi connectivity index (χ1v) is 14.2. The Kier molecular flexibility index (Phi) is 17.0. The molecule has 2 unspecified atom stereocenters. The van der Waals surface area contributed by atoms with Gasteiger partial charge in [0, 0.05) is 11.5 Å². The van der Waals surface area contributed by atoms with E-state index in [0.717, 1.165) is 37.7 Å². The summed E-state index contributed by atoms with van der Waals surface area (Å²) in [4.78, 5) is 21.8. The van der Waals surface area contributed by atoms with E-state index in [1.807, 2.05) is 18.2 Å². The molecule has 0 heterocycles. The van der Waals surface area contributed by atoms with Gasteiger partial charge in [-0.05, 0) is 49.7 Å². The van der Waals surface area contributed by atoms with Crippen LogP contribution >= 0.6 is 23.5 Å². The van der Waals surface area contributed by atoms with E-state index in [9.17, 15) is 14.7 Å². The minimum atomic E-state index is -0.905. The second kappa shape index (κ2) is 18.9. The summed E-state index contributed by atoms with van der Waals surface area (Å²) in [5, 5.41) is 28.4. The Balaban J connectivity index is 2.64. The van der Waals surface area contributed by atoms with Crippen LogP contribution < -0.4 is 0 Å². The number of carboxylic acid groups (broad SMARTS) is 2. The Bertz CT molecular complexity index is 708. The van der Waals surface area contributed by atoms with Crippen molar-refractivity contribution in [2.24, 2.45) is 0 Å². The number of aliphatic carboxylic acids is 2. The summed E-state index contributed by atoms with van der Waals surface area (Å²) < 4.78 is 0. The lowest BCUT2D eigenvalue weighted by Gasteiger charge is -2.25. The topological polar surface area (TPSA) is 94.8 Å². The Morgan fingerprint density at radius 1 is 0.970 bits per heavy atom. The van der Waals surface area contributed by atoms with Crippen LogP contribution in [0.15, 0.2) is 36.4 Å². The molecule has 0 aromatic heterocycles. The van der Waals surface area contributed by atoms with Crippen molar-refractivity contribution in [3.63, 3.8) is 0 Å². The number of aryl methyl sites for hydroxylation is 1. The molecule has 0 spiro atoms. The summed E-state index contributed by atoms with van der Waals surface area (Å²) in [7, 11) is 0. The number of hydrogen-bond donors (Lipinski definition) is 3. The molecule has 33 heavy (non-hydrogen) atoms. The molecule has 0 aliphatic rings. The second-order valence-electron chi connectivity index (χ2n) is 8.18. The van der Waals surface area contributed by atoms with Gasteiger partial charge in [-0.2, -0.15) is 11.8 Å². The Morgan fingerprint density at radius 3 is 2.33 bits per heavy atom. The number of carbonyl (C=O) groups is 2. The zero-order valence-electron chi connectivity index (χ0n) is 19.8. The molecule has 0 fully saturated rings. The molecule has 0 aliphatic heterocycles. The summed E-state index contributed by atoms with van der Waals surface area (Å²) in [6.07, 6.45) is 14.3. The maximum absolute atomic E-state index is 11.0. The van der Waals surface area contributed by atoms with Gasteiger partial charge in [-0.15, -0.1) is 11.8 Å². The number of aliphatic hydroxyl groups excluding tert-OH is 1. The van der Waals surface area contributed by atoms with Crippen LogP contribution in [0.1, 0.15) is 81.1 Å². The molecule has 186 valence electrons. The first kappa shape index (κ1) is 29.6. The van der Waals surface area contributed by atoms with Crippen LogP contribution in [-0.4, -0.2) is 50.6 Å². The van der Waals surface area contributed by atoms with Crippen LogP contribution in [0.4, 0.5) is 0 Å². The van der Waals surface area contributed by atoms with Crippen LogP contribution in [-0.2, 0) is 16.0 Å². The molecular formula is C26H40O5S2. The maximum Gasteiger partial charge on any atom is 0.313 e. The normalized spacial score (nSPS) is 13.3. The van der Waals surface area contributed by atoms with E-state index in [1.165, 1.54) is 54.8 Å². The van der Waals surface area contributed by atoms with Gasteiger partial charge in [-0.25, -0.2) is 0 Å². The molecule has 2 atom stereocenters. The van der Waals surface area contributed by atoms with Gasteiger partial charge in [-0.3, -0.25) is 9.59 Å². The minimum Gasteiger partial charge on any atom is -0.481 e. The predicted molar refractivity (Wildman–Crippen MR) is 140 cm³/mol. The number of hydrogen-bond acceptors (Lipinski definition) is 5. The maximum atomic E-state index is 11.0. The van der Waals surface area contributed by atoms with Crippen LogP contribution in [0.5, 0.6) is 0 Å². The van der Waals surface area contributed by atoms with Gasteiger partial charge in [0.1, 0.15) is 0 Å². The average molecular weight is 497 g/mol. The first-order chi connectivity index (χ1) is 16.0. The predicted octanol–water partition coefficient (Wildman–Crippen LogP) is 6.35. The van der Waals surface area contributed by atoms with Gasteiger partial charge in [0.25, 0.3) is 0 Å². The number of unbranched alkanes of at least 4 members (excludes halogenated alkanes) is 6. The fraction of sp³-hybridized carbons (Fsp3) is 0.615. The highest BCUT2D eigenvalue weighted by Crippen LogP contribution is 2.36. The number of benzene rings is 1. The van der Waals surface area contributed by atoms with E-state index in [0.29, 0.717) is 11.5 Å². The standard InChI is InChI=1S/C26H40O5S2/c1-2-3-4-5-6-7-8-9-10-11-14-21-15-12-13-16-22(21)26(33-18-17-24(28)29)23(27)19-32-20-25(30)31/h7-8,12-13,15-16,23,26-27H,2-6,9-11,14,17-20H2,1H3,(H,28,29)(H,30,31). The van der Waals surface area contributed by atoms with E-state index >= 15 is 0 Å². The fourth-order valence-electron chi connectivity index (χ4n) is 3.58. The van der Waals surface area contributed by atoms with Crippen molar-refractivity contribution in [3.05, 3.63) is 47.5 Å². The fourth-order valence-corrected chi connectivity index (χ4v) is 5.70. The molecule has 1 aromatic rings. The number of thioether (sulfide) groups is 2. The van der Waals surface area contributed by atoms with Crippen LogP contribution in [0, 0.1) is 0 Å². The number of carboxylic acids is 2. The van der Waals surface area contributed by atoms with Gasteiger partial charge in [0.2, 0.25) is 0 Å². The molecule has 0 amide bonds. The van der Waals surface area contributed by atoms with Crippen molar-refractivity contribution in [2.75, 3.05) is 17.3 Å². The summed E-state index contributed by atoms with van der Waals surface area (Å²) in [6, 6.07) is 8.04. The average Bonchev–Trinajstić information content (AvgIpc) is 2.78. The molecule has 0 saturated carbocycles. The van der Waals surface area contributed by atoms with Crippen molar-refractivity contribution >= 4 is 35.5 Å². The quantitative estimate of drug-likeness (QED) is 0.143. The molecule has 5 nitrogen and oxygen atoms in total. The van der Waals surface area contributed by atoms with E-state index in [4.69, 9.17) is 10.2 Å². The van der Waals surface area contributed by atoms with Crippen molar-refractivity contribution in [1.82, 2.24) is 0 Å². The zero-order valence-corrected chi connectivity index (χ0v) is 21.4. The number of aliphatic hydroxyl groups is 1. The van der Waals surface area contributed by atoms with Crippen molar-refractivity contribution < 1.29 is 24.9 Å². The third-order valence-electron chi connectivity index (χ3n) is 5.30. The first-order valence-electron chi connectivity index (χ1n) is 12.0. The van der Waals surface area contributed by atoms with E-state index in [2.05, 4.69) is 25.1 Å². The van der Waals surface area contributed by atoms with Crippen LogP contribution in [0.25, 0.3) is 0 Å². The van der Waals surface area contributed by atoms with Gasteiger partial charge >= 0.3 is 11.9 Å². The Hall–Kier alpha value is -1.44. The zero-order chi connectivity index (χ0) is 24.3. The van der Waals surface area contributed by atoms with Gasteiger partial charge < -0.3 is 15.3 Å². The van der Waals surface area contributed by atoms with Crippen molar-refractivity contribution in [3.8, 4) is 0 Å². The van der Waals surface area contributed by atoms with Crippen molar-refractivity contribution in [2.45, 2.75) is 82.5 Å². The molecule has 0 bridgehead atoms. The lowest BCUT2D eigenvalue weighted by molar-refractivity contribution is -0.136. The highest BCUT2D eigenvalue weighted by molar-refractivity contribution is 8.00. The van der Waals surface area contributed by atoms with Gasteiger partial charge in [-0.1, -0.05) is 62.6 Å². The monoisotopic (exact) mass is 496 g/mol. The van der Waals surface area contributed by atoms with Crippen molar-refractivity contribution in [1.29, 1.82) is 0 Å². The number of allylic oxidation sites excluding steroid dienone is 2. The van der Waals surface area contributed by atoms with E-state index in [1.54, 1.807) is 0 Å². The number of rotatable bonds is 20. The Morgan fingerprint density at radius 2 is 1.67 bits per heavy atom. The SMILES string of the molecule is CCCCCCC=CCCCCc1ccccc1C(SCCC(=O)O)C(O)CSCC(=O)O. The van der Waals surface area contributed by atoms with Crippen LogP contribution in [0.3, 0.4) is 0 Å². The largest absolute Gasteiger partial charge is 0.481 e. The lowest BCUT2D eigenvalue weighted by atomic mass is 9.97. The summed E-state index contributed by atoms with van der Waals surface area (Å²) in [5.41, 5.74) is 2.21. The molecule has 0 aliphatic carbocycles. The Labute approximate surface area is 207 Å². The molecule has 0 saturated heterocycles. The molecule has 7 heteroatoms. The third-order valence-corrected chi connectivity index (χ3v) is 7.69. The summed E-state index contributed by atoms with van der Waals surface area (Å²) in [6.45, 7) is 2.23. The third kappa shape index (κ3) is 14.4. The minimum absolute atomic E-state index is 0.0309. The van der Waals surface area contributed by atoms with Crippen LogP contribution in [0.2, 0.25) is 0 Å². The molecule has 1 rings (SSSR count). The second-order valence-corrected chi connectivity index (χ2v) is 10.5. The molecule has 1 aromatic carbocycles. The van der Waals surface area contributed by atoms with Gasteiger partial charge in [0.05, 0.1) is 23.5 Å². The van der Waals surface area contributed by atoms with E-state index in [-0.39, 0.29) is 17.4 Å². The highest BCUT2D eigenvalue weighted by Gasteiger charge is 2.24. The molecule has 3 N–H and O–H groups in total. The summed E-state index contributed by atoms with van der Waals surface area (Å²) >= 11 is 2.63. The lowest BCUT2D eigenvalue weighted by Crippen LogP contribution is -2.21. The molecule has 0 radical (unpaired) electrons. The highest BCUT2D eigenvalue weighted by atomic mass is 32.2. The van der Waals surface area contributed by atoms with E-state index < -0.39 is 18.0 Å². The molecular weight excluding hydrogens is 456 g/mol. The summed E-state index contributed by atoms with van der Waals surface area (Å²) in [5.74, 6) is -1.12. The smallest absolute Gasteiger partial charge is 0.313 e. The van der Waals surface area contributed by atoms with Gasteiger partial charge in [0.15, 0.2) is 0 Å².